The van der Waals surface area contributed by atoms with Crippen molar-refractivity contribution in [1.29, 1.82) is 0 Å². The van der Waals surface area contributed by atoms with Crippen molar-refractivity contribution in [2.75, 3.05) is 6.54 Å². The number of carbonyl (C=O) groups is 1. The van der Waals surface area contributed by atoms with E-state index in [4.69, 9.17) is 12.2 Å². The third kappa shape index (κ3) is 2.89. The van der Waals surface area contributed by atoms with Crippen LogP contribution in [0.3, 0.4) is 0 Å². The van der Waals surface area contributed by atoms with Gasteiger partial charge in [-0.15, -0.1) is 0 Å². The molecule has 2 rings (SSSR count). The highest BCUT2D eigenvalue weighted by Crippen LogP contribution is 2.30. The Labute approximate surface area is 116 Å². The van der Waals surface area contributed by atoms with E-state index >= 15 is 0 Å². The molecular formula is C14H13NOS2. The summed E-state index contributed by atoms with van der Waals surface area (Å²) in [5.41, 5.74) is 1.11. The normalized spacial score (nSPS) is 18.3. The molecule has 0 saturated carbocycles. The molecule has 0 spiro atoms. The number of hydrogen-bond donors (Lipinski definition) is 0. The Morgan fingerprint density at radius 3 is 2.67 bits per heavy atom. The molecule has 0 bridgehead atoms. The lowest BCUT2D eigenvalue weighted by Gasteiger charge is -2.09. The average molecular weight is 275 g/mol. The molecule has 1 amide bonds. The summed E-state index contributed by atoms with van der Waals surface area (Å²) in [4.78, 5) is 14.2. The molecule has 0 radical (unpaired) electrons. The molecule has 1 heterocycles. The van der Waals surface area contributed by atoms with Gasteiger partial charge in [-0.2, -0.15) is 0 Å². The Kier molecular flexibility index (Phi) is 4.33. The third-order valence-electron chi connectivity index (χ3n) is 2.53. The number of benzene rings is 1. The summed E-state index contributed by atoms with van der Waals surface area (Å²) in [6.07, 6.45) is 5.68. The lowest BCUT2D eigenvalue weighted by Crippen LogP contribution is -2.27. The van der Waals surface area contributed by atoms with Crippen molar-refractivity contribution in [3.8, 4) is 0 Å². The molecule has 1 aromatic carbocycles. The Morgan fingerprint density at radius 1 is 1.33 bits per heavy atom. The Balaban J connectivity index is 2.09. The van der Waals surface area contributed by atoms with Gasteiger partial charge in [0.05, 0.1) is 4.91 Å². The van der Waals surface area contributed by atoms with E-state index in [2.05, 4.69) is 0 Å². The summed E-state index contributed by atoms with van der Waals surface area (Å²) in [5.74, 6) is 0.00483. The standard InChI is InChI=1S/C14H13NOS2/c1-2-15-13(16)12(18-14(15)17)10-6-9-11-7-4-3-5-8-11/h3-10H,2H2,1H3/b9-6+,12-10+. The number of amides is 1. The monoisotopic (exact) mass is 275 g/mol. The van der Waals surface area contributed by atoms with E-state index in [1.54, 1.807) is 4.90 Å². The van der Waals surface area contributed by atoms with E-state index in [-0.39, 0.29) is 5.91 Å². The van der Waals surface area contributed by atoms with Crippen LogP contribution in [0.25, 0.3) is 6.08 Å². The van der Waals surface area contributed by atoms with Gasteiger partial charge >= 0.3 is 0 Å². The number of allylic oxidation sites excluding steroid dienone is 2. The van der Waals surface area contributed by atoms with E-state index in [1.807, 2.05) is 55.5 Å². The predicted molar refractivity (Wildman–Crippen MR) is 81.1 cm³/mol. The van der Waals surface area contributed by atoms with Gasteiger partial charge in [0.2, 0.25) is 0 Å². The van der Waals surface area contributed by atoms with Crippen LogP contribution >= 0.6 is 24.0 Å². The first-order valence-electron chi connectivity index (χ1n) is 5.69. The maximum atomic E-state index is 11.9. The van der Waals surface area contributed by atoms with Gasteiger partial charge in [0.1, 0.15) is 4.32 Å². The number of nitrogens with zero attached hydrogens (tertiary/aromatic N) is 1. The maximum Gasteiger partial charge on any atom is 0.266 e. The number of thioether (sulfide) groups is 1. The second kappa shape index (κ2) is 5.98. The van der Waals surface area contributed by atoms with Crippen molar-refractivity contribution in [2.24, 2.45) is 0 Å². The molecule has 0 atom stereocenters. The fourth-order valence-corrected chi connectivity index (χ4v) is 2.93. The molecule has 92 valence electrons. The fourth-order valence-electron chi connectivity index (χ4n) is 1.60. The number of likely N-dealkylation sites (N-methyl/N-ethyl adjacent to an activating group) is 1. The van der Waals surface area contributed by atoms with Crippen LogP contribution in [0.4, 0.5) is 0 Å². The van der Waals surface area contributed by atoms with Crippen LogP contribution < -0.4 is 0 Å². The van der Waals surface area contributed by atoms with Gasteiger partial charge in [0.25, 0.3) is 5.91 Å². The quantitative estimate of drug-likeness (QED) is 0.622. The SMILES string of the molecule is CCN1C(=O)/C(=C\C=C\c2ccccc2)SC1=S. The zero-order valence-electron chi connectivity index (χ0n) is 10.00. The second-order valence-electron chi connectivity index (χ2n) is 3.72. The smallest absolute Gasteiger partial charge is 0.266 e. The van der Waals surface area contributed by atoms with E-state index in [0.29, 0.717) is 15.8 Å². The summed E-state index contributed by atoms with van der Waals surface area (Å²) in [7, 11) is 0. The van der Waals surface area contributed by atoms with Gasteiger partial charge in [-0.05, 0) is 18.6 Å². The topological polar surface area (TPSA) is 20.3 Å². The molecule has 18 heavy (non-hydrogen) atoms. The second-order valence-corrected chi connectivity index (χ2v) is 5.39. The first kappa shape index (κ1) is 13.1. The molecule has 1 fully saturated rings. The molecule has 1 aliphatic rings. The van der Waals surface area contributed by atoms with Crippen LogP contribution in [-0.2, 0) is 4.79 Å². The van der Waals surface area contributed by atoms with Gasteiger partial charge in [0, 0.05) is 6.54 Å². The summed E-state index contributed by atoms with van der Waals surface area (Å²) >= 11 is 6.50. The Bertz CT molecular complexity index is 520. The molecule has 0 aliphatic carbocycles. The summed E-state index contributed by atoms with van der Waals surface area (Å²) in [5, 5.41) is 0. The van der Waals surface area contributed by atoms with Gasteiger partial charge < -0.3 is 0 Å². The van der Waals surface area contributed by atoms with Crippen molar-refractivity contribution in [2.45, 2.75) is 6.92 Å². The van der Waals surface area contributed by atoms with Crippen molar-refractivity contribution in [3.05, 3.63) is 53.0 Å². The van der Waals surface area contributed by atoms with Gasteiger partial charge in [-0.25, -0.2) is 0 Å². The molecule has 1 aliphatic heterocycles. The Morgan fingerprint density at radius 2 is 2.06 bits per heavy atom. The maximum absolute atomic E-state index is 11.9. The number of hydrogen-bond acceptors (Lipinski definition) is 3. The van der Waals surface area contributed by atoms with Crippen LogP contribution in [0, 0.1) is 0 Å². The minimum atomic E-state index is 0.00483. The van der Waals surface area contributed by atoms with Crippen LogP contribution in [0.1, 0.15) is 12.5 Å². The summed E-state index contributed by atoms with van der Waals surface area (Å²) in [6, 6.07) is 9.97. The van der Waals surface area contributed by atoms with Crippen LogP contribution in [0.15, 0.2) is 47.4 Å². The summed E-state index contributed by atoms with van der Waals surface area (Å²) < 4.78 is 0.641. The minimum absolute atomic E-state index is 0.00483. The highest BCUT2D eigenvalue weighted by atomic mass is 32.2. The van der Waals surface area contributed by atoms with Crippen LogP contribution in [0.2, 0.25) is 0 Å². The zero-order chi connectivity index (χ0) is 13.0. The fraction of sp³-hybridized carbons (Fsp3) is 0.143. The van der Waals surface area contributed by atoms with Crippen molar-refractivity contribution < 1.29 is 4.79 Å². The average Bonchev–Trinajstić information content (AvgIpc) is 2.65. The molecule has 0 aromatic heterocycles. The number of thiocarbonyl (C=S) groups is 1. The molecule has 2 nitrogen and oxygen atoms in total. The molecule has 1 aromatic rings. The van der Waals surface area contributed by atoms with Crippen LogP contribution in [-0.4, -0.2) is 21.7 Å². The molecule has 0 unspecified atom stereocenters. The van der Waals surface area contributed by atoms with E-state index < -0.39 is 0 Å². The Hall–Kier alpha value is -1.39. The van der Waals surface area contributed by atoms with E-state index in [9.17, 15) is 4.79 Å². The van der Waals surface area contributed by atoms with Gasteiger partial charge in [-0.3, -0.25) is 9.69 Å². The predicted octanol–water partition coefficient (Wildman–Crippen LogP) is 3.46. The number of carbonyl (C=O) groups excluding carboxylic acids is 1. The highest BCUT2D eigenvalue weighted by Gasteiger charge is 2.29. The van der Waals surface area contributed by atoms with Crippen molar-refractivity contribution >= 4 is 40.3 Å². The van der Waals surface area contributed by atoms with Crippen molar-refractivity contribution in [1.82, 2.24) is 4.90 Å². The van der Waals surface area contributed by atoms with Gasteiger partial charge in [-0.1, -0.05) is 66.5 Å². The molecule has 1 saturated heterocycles. The first-order chi connectivity index (χ1) is 8.72. The lowest BCUT2D eigenvalue weighted by atomic mass is 10.2. The first-order valence-corrected chi connectivity index (χ1v) is 6.92. The molecular weight excluding hydrogens is 262 g/mol. The summed E-state index contributed by atoms with van der Waals surface area (Å²) in [6.45, 7) is 2.55. The number of rotatable bonds is 3. The van der Waals surface area contributed by atoms with Crippen LogP contribution in [0.5, 0.6) is 0 Å². The minimum Gasteiger partial charge on any atom is -0.293 e. The van der Waals surface area contributed by atoms with E-state index in [1.165, 1.54) is 11.8 Å². The molecule has 4 heteroatoms. The van der Waals surface area contributed by atoms with Crippen molar-refractivity contribution in [3.63, 3.8) is 0 Å². The lowest BCUT2D eigenvalue weighted by molar-refractivity contribution is -0.122. The molecule has 0 N–H and O–H groups in total. The van der Waals surface area contributed by atoms with Gasteiger partial charge in [0.15, 0.2) is 0 Å². The highest BCUT2D eigenvalue weighted by molar-refractivity contribution is 8.26. The largest absolute Gasteiger partial charge is 0.293 e. The van der Waals surface area contributed by atoms with E-state index in [0.717, 1.165) is 5.56 Å². The third-order valence-corrected chi connectivity index (χ3v) is 3.92. The zero-order valence-corrected chi connectivity index (χ0v) is 11.6.